The third-order valence-corrected chi connectivity index (χ3v) is 6.98. The number of allylic oxidation sites excluding steroid dienone is 2. The molecule has 1 fully saturated rings. The Labute approximate surface area is 162 Å². The van der Waals surface area contributed by atoms with Gasteiger partial charge in [0.15, 0.2) is 17.5 Å². The van der Waals surface area contributed by atoms with E-state index in [1.165, 1.54) is 57.4 Å². The molecule has 3 rings (SSSR count). The quantitative estimate of drug-likeness (QED) is 0.348. The molecule has 0 amide bonds. The molecule has 2 aliphatic rings. The molecule has 1 aromatic carbocycles. The fourth-order valence-corrected chi connectivity index (χ4v) is 5.18. The third kappa shape index (κ3) is 4.78. The number of hydrogen-bond donors (Lipinski definition) is 0. The molecule has 0 N–H and O–H groups in total. The molecule has 1 unspecified atom stereocenters. The first-order chi connectivity index (χ1) is 13.0. The van der Waals surface area contributed by atoms with E-state index in [-0.39, 0.29) is 5.56 Å². The minimum atomic E-state index is -1.36. The van der Waals surface area contributed by atoms with E-state index in [0.717, 1.165) is 36.7 Å². The van der Waals surface area contributed by atoms with Crippen molar-refractivity contribution in [2.24, 2.45) is 17.8 Å². The molecule has 1 saturated carbocycles. The molecule has 0 aliphatic heterocycles. The SMILES string of the molecule is CCCCCC1CCC(C2CC=C(c3cc(F)c(F)c(F)c3C)CC2)CC1. The normalized spacial score (nSPS) is 26.1. The van der Waals surface area contributed by atoms with Crippen LogP contribution in [0.5, 0.6) is 0 Å². The standard InChI is InChI=1S/C24H33F3/c1-3-4-5-6-17-7-9-18(10-8-17)19-11-13-20(14-12-19)21-15-22(25)24(27)23(26)16(21)2/h13,15,17-19H,3-12,14H2,1-2H3. The largest absolute Gasteiger partial charge is 0.204 e. The lowest BCUT2D eigenvalue weighted by molar-refractivity contribution is 0.187. The Morgan fingerprint density at radius 2 is 1.67 bits per heavy atom. The van der Waals surface area contributed by atoms with Gasteiger partial charge in [0, 0.05) is 0 Å². The summed E-state index contributed by atoms with van der Waals surface area (Å²) in [4.78, 5) is 0. The highest BCUT2D eigenvalue weighted by atomic mass is 19.2. The minimum Gasteiger partial charge on any atom is -0.204 e. The van der Waals surface area contributed by atoms with Crippen molar-refractivity contribution in [3.63, 3.8) is 0 Å². The molecule has 1 atom stereocenters. The molecule has 3 heteroatoms. The van der Waals surface area contributed by atoms with E-state index >= 15 is 0 Å². The lowest BCUT2D eigenvalue weighted by atomic mass is 9.70. The van der Waals surface area contributed by atoms with Crippen LogP contribution < -0.4 is 0 Å². The second kappa shape index (κ2) is 9.30. The van der Waals surface area contributed by atoms with Gasteiger partial charge in [-0.2, -0.15) is 0 Å². The second-order valence-corrected chi connectivity index (χ2v) is 8.70. The van der Waals surface area contributed by atoms with Gasteiger partial charge in [-0.15, -0.1) is 0 Å². The first kappa shape index (κ1) is 20.5. The highest BCUT2D eigenvalue weighted by Crippen LogP contribution is 2.42. The van der Waals surface area contributed by atoms with Crippen molar-refractivity contribution in [3.05, 3.63) is 40.7 Å². The first-order valence-corrected chi connectivity index (χ1v) is 10.8. The van der Waals surface area contributed by atoms with Crippen LogP contribution in [0.25, 0.3) is 5.57 Å². The molecular formula is C24H33F3. The van der Waals surface area contributed by atoms with E-state index in [4.69, 9.17) is 0 Å². The predicted molar refractivity (Wildman–Crippen MR) is 106 cm³/mol. The molecule has 0 radical (unpaired) electrons. The van der Waals surface area contributed by atoms with Crippen molar-refractivity contribution in [3.8, 4) is 0 Å². The summed E-state index contributed by atoms with van der Waals surface area (Å²) < 4.78 is 40.9. The maximum absolute atomic E-state index is 13.9. The molecular weight excluding hydrogens is 345 g/mol. The summed E-state index contributed by atoms with van der Waals surface area (Å²) >= 11 is 0. The first-order valence-electron chi connectivity index (χ1n) is 10.8. The highest BCUT2D eigenvalue weighted by Gasteiger charge is 2.29. The van der Waals surface area contributed by atoms with Gasteiger partial charge in [-0.1, -0.05) is 51.5 Å². The Bertz CT molecular complexity index is 669. The lowest BCUT2D eigenvalue weighted by Gasteiger charge is -2.35. The van der Waals surface area contributed by atoms with Gasteiger partial charge in [0.05, 0.1) is 0 Å². The van der Waals surface area contributed by atoms with Crippen LogP contribution in [-0.4, -0.2) is 0 Å². The van der Waals surface area contributed by atoms with Crippen LogP contribution in [0.1, 0.15) is 88.7 Å². The monoisotopic (exact) mass is 378 g/mol. The fraction of sp³-hybridized carbons (Fsp3) is 0.667. The van der Waals surface area contributed by atoms with E-state index in [9.17, 15) is 13.2 Å². The molecule has 0 saturated heterocycles. The molecule has 150 valence electrons. The molecule has 0 spiro atoms. The van der Waals surface area contributed by atoms with Gasteiger partial charge in [-0.25, -0.2) is 13.2 Å². The maximum atomic E-state index is 13.9. The number of halogens is 3. The topological polar surface area (TPSA) is 0 Å². The predicted octanol–water partition coefficient (Wildman–Crippen LogP) is 7.98. The average molecular weight is 379 g/mol. The molecule has 0 bridgehead atoms. The molecule has 2 aliphatic carbocycles. The molecule has 1 aromatic rings. The van der Waals surface area contributed by atoms with E-state index in [1.807, 2.05) is 0 Å². The Balaban J connectivity index is 1.57. The van der Waals surface area contributed by atoms with Gasteiger partial charge in [0.1, 0.15) is 0 Å². The van der Waals surface area contributed by atoms with Crippen molar-refractivity contribution in [2.75, 3.05) is 0 Å². The van der Waals surface area contributed by atoms with Crippen LogP contribution in [-0.2, 0) is 0 Å². The summed E-state index contributed by atoms with van der Waals surface area (Å²) in [6.07, 6.45) is 15.9. The van der Waals surface area contributed by atoms with Gasteiger partial charge >= 0.3 is 0 Å². The zero-order chi connectivity index (χ0) is 19.4. The van der Waals surface area contributed by atoms with Crippen LogP contribution in [0.3, 0.4) is 0 Å². The van der Waals surface area contributed by atoms with E-state index in [2.05, 4.69) is 13.0 Å². The minimum absolute atomic E-state index is 0.228. The average Bonchev–Trinajstić information content (AvgIpc) is 2.70. The smallest absolute Gasteiger partial charge is 0.194 e. The summed E-state index contributed by atoms with van der Waals surface area (Å²) in [5.74, 6) is -1.07. The molecule has 0 aromatic heterocycles. The van der Waals surface area contributed by atoms with Crippen LogP contribution in [0.2, 0.25) is 0 Å². The summed E-state index contributed by atoms with van der Waals surface area (Å²) in [5, 5.41) is 0. The van der Waals surface area contributed by atoms with Crippen LogP contribution in [0.4, 0.5) is 13.2 Å². The van der Waals surface area contributed by atoms with E-state index < -0.39 is 17.5 Å². The number of benzene rings is 1. The second-order valence-electron chi connectivity index (χ2n) is 8.70. The number of unbranched alkanes of at least 4 members (excludes halogenated alkanes) is 2. The van der Waals surface area contributed by atoms with E-state index in [1.54, 1.807) is 6.92 Å². The Morgan fingerprint density at radius 1 is 0.926 bits per heavy atom. The summed E-state index contributed by atoms with van der Waals surface area (Å²) in [6.45, 7) is 3.80. The number of rotatable bonds is 6. The van der Waals surface area contributed by atoms with Crippen molar-refractivity contribution in [1.82, 2.24) is 0 Å². The van der Waals surface area contributed by atoms with Crippen molar-refractivity contribution in [1.29, 1.82) is 0 Å². The maximum Gasteiger partial charge on any atom is 0.194 e. The van der Waals surface area contributed by atoms with Crippen molar-refractivity contribution < 1.29 is 13.2 Å². The lowest BCUT2D eigenvalue weighted by Crippen LogP contribution is -2.23. The summed E-state index contributed by atoms with van der Waals surface area (Å²) in [7, 11) is 0. The van der Waals surface area contributed by atoms with Crippen molar-refractivity contribution >= 4 is 5.57 Å². The van der Waals surface area contributed by atoms with Gasteiger partial charge < -0.3 is 0 Å². The Hall–Kier alpha value is -1.25. The molecule has 0 nitrogen and oxygen atoms in total. The highest BCUT2D eigenvalue weighted by molar-refractivity contribution is 5.69. The fourth-order valence-electron chi connectivity index (χ4n) is 5.18. The number of hydrogen-bond acceptors (Lipinski definition) is 0. The molecule has 0 heterocycles. The summed E-state index contributed by atoms with van der Waals surface area (Å²) in [6, 6.07) is 1.17. The third-order valence-electron chi connectivity index (χ3n) is 6.98. The zero-order valence-corrected chi connectivity index (χ0v) is 16.8. The van der Waals surface area contributed by atoms with Gasteiger partial charge in [0.2, 0.25) is 0 Å². The Morgan fingerprint density at radius 3 is 2.30 bits per heavy atom. The van der Waals surface area contributed by atoms with Gasteiger partial charge in [0.25, 0.3) is 0 Å². The van der Waals surface area contributed by atoms with Gasteiger partial charge in [-0.05, 0) is 79.5 Å². The molecule has 27 heavy (non-hydrogen) atoms. The van der Waals surface area contributed by atoms with E-state index in [0.29, 0.717) is 11.5 Å². The summed E-state index contributed by atoms with van der Waals surface area (Å²) in [5.41, 5.74) is 1.76. The van der Waals surface area contributed by atoms with Crippen LogP contribution in [0.15, 0.2) is 12.1 Å². The van der Waals surface area contributed by atoms with Crippen LogP contribution >= 0.6 is 0 Å². The Kier molecular flexibility index (Phi) is 7.05. The zero-order valence-electron chi connectivity index (χ0n) is 16.8. The van der Waals surface area contributed by atoms with Crippen LogP contribution in [0, 0.1) is 42.1 Å². The van der Waals surface area contributed by atoms with Crippen molar-refractivity contribution in [2.45, 2.75) is 84.5 Å². The van der Waals surface area contributed by atoms with Gasteiger partial charge in [-0.3, -0.25) is 0 Å².